The smallest absolute Gasteiger partial charge is 0.231 e. The number of hydrogen-bond acceptors (Lipinski definition) is 4. The molecular formula is C15H12N2O2. The van der Waals surface area contributed by atoms with Crippen molar-refractivity contribution >= 4 is 12.4 Å². The molecule has 2 aromatic rings. The molecule has 0 fully saturated rings. The van der Waals surface area contributed by atoms with Crippen molar-refractivity contribution in [3.05, 3.63) is 59.7 Å². The number of rotatable bonds is 3. The van der Waals surface area contributed by atoms with Crippen LogP contribution in [-0.4, -0.2) is 19.2 Å². The fourth-order valence-electron chi connectivity index (χ4n) is 1.73. The van der Waals surface area contributed by atoms with Gasteiger partial charge >= 0.3 is 0 Å². The van der Waals surface area contributed by atoms with E-state index >= 15 is 0 Å². The molecule has 0 spiro atoms. The van der Waals surface area contributed by atoms with E-state index in [1.54, 1.807) is 12.4 Å². The molecule has 0 aliphatic carbocycles. The molecule has 19 heavy (non-hydrogen) atoms. The molecule has 0 unspecified atom stereocenters. The lowest BCUT2D eigenvalue weighted by Gasteiger charge is -1.95. The van der Waals surface area contributed by atoms with Gasteiger partial charge in [-0.25, -0.2) is 0 Å². The van der Waals surface area contributed by atoms with Crippen LogP contribution in [0.5, 0.6) is 11.5 Å². The summed E-state index contributed by atoms with van der Waals surface area (Å²) in [7, 11) is 0. The molecule has 0 radical (unpaired) electrons. The second-order valence-electron chi connectivity index (χ2n) is 4.01. The van der Waals surface area contributed by atoms with Gasteiger partial charge in [-0.1, -0.05) is 30.3 Å². The van der Waals surface area contributed by atoms with Gasteiger partial charge in [-0.3, -0.25) is 0 Å². The van der Waals surface area contributed by atoms with E-state index < -0.39 is 0 Å². The largest absolute Gasteiger partial charge is 0.454 e. The Labute approximate surface area is 111 Å². The fourth-order valence-corrected chi connectivity index (χ4v) is 1.73. The highest BCUT2D eigenvalue weighted by atomic mass is 16.7. The normalized spacial score (nSPS) is 13.5. The minimum Gasteiger partial charge on any atom is -0.454 e. The maximum Gasteiger partial charge on any atom is 0.231 e. The van der Waals surface area contributed by atoms with Gasteiger partial charge in [0.2, 0.25) is 6.79 Å². The molecule has 0 bridgehead atoms. The zero-order valence-electron chi connectivity index (χ0n) is 10.2. The van der Waals surface area contributed by atoms with Crippen molar-refractivity contribution in [2.24, 2.45) is 10.2 Å². The molecule has 4 heteroatoms. The highest BCUT2D eigenvalue weighted by Crippen LogP contribution is 2.31. The zero-order chi connectivity index (χ0) is 12.9. The molecule has 1 aliphatic rings. The quantitative estimate of drug-likeness (QED) is 0.622. The lowest BCUT2D eigenvalue weighted by molar-refractivity contribution is 0.174. The van der Waals surface area contributed by atoms with E-state index in [1.165, 1.54) is 0 Å². The average Bonchev–Trinajstić information content (AvgIpc) is 2.92. The number of fused-ring (bicyclic) bond motifs is 1. The molecule has 0 atom stereocenters. The summed E-state index contributed by atoms with van der Waals surface area (Å²) in [5.74, 6) is 1.51. The van der Waals surface area contributed by atoms with E-state index in [0.29, 0.717) is 0 Å². The van der Waals surface area contributed by atoms with Crippen molar-refractivity contribution in [1.29, 1.82) is 0 Å². The summed E-state index contributed by atoms with van der Waals surface area (Å²) in [5.41, 5.74) is 1.94. The molecule has 0 amide bonds. The SMILES string of the molecule is C(=N\N=C\c1ccc2c(c1)OCO2)/c1ccccc1. The van der Waals surface area contributed by atoms with E-state index in [4.69, 9.17) is 9.47 Å². The average molecular weight is 252 g/mol. The van der Waals surface area contributed by atoms with Gasteiger partial charge in [0.1, 0.15) is 0 Å². The minimum absolute atomic E-state index is 0.280. The maximum atomic E-state index is 5.29. The summed E-state index contributed by atoms with van der Waals surface area (Å²) in [6, 6.07) is 15.5. The van der Waals surface area contributed by atoms with Gasteiger partial charge in [0, 0.05) is 0 Å². The third kappa shape index (κ3) is 2.80. The van der Waals surface area contributed by atoms with Crippen molar-refractivity contribution in [3.8, 4) is 11.5 Å². The number of benzene rings is 2. The molecule has 3 rings (SSSR count). The predicted molar refractivity (Wildman–Crippen MR) is 74.2 cm³/mol. The lowest BCUT2D eigenvalue weighted by atomic mass is 10.2. The minimum atomic E-state index is 0.280. The molecule has 1 aliphatic heterocycles. The Kier molecular flexibility index (Phi) is 3.23. The van der Waals surface area contributed by atoms with E-state index in [1.807, 2.05) is 48.5 Å². The Bertz CT molecular complexity index is 621. The molecule has 2 aromatic carbocycles. The standard InChI is InChI=1S/C15H12N2O2/c1-2-4-12(5-3-1)9-16-17-10-13-6-7-14-15(8-13)19-11-18-14/h1-10H,11H2/b16-9+,17-10+. The Hall–Kier alpha value is -2.62. The molecule has 0 aromatic heterocycles. The Balaban J connectivity index is 1.68. The molecule has 0 saturated heterocycles. The third-order valence-electron chi connectivity index (χ3n) is 2.68. The van der Waals surface area contributed by atoms with Crippen LogP contribution in [0.4, 0.5) is 0 Å². The first-order valence-electron chi connectivity index (χ1n) is 5.93. The number of ether oxygens (including phenoxy) is 2. The van der Waals surface area contributed by atoms with Crippen LogP contribution in [0.3, 0.4) is 0 Å². The van der Waals surface area contributed by atoms with Crippen molar-refractivity contribution < 1.29 is 9.47 Å². The third-order valence-corrected chi connectivity index (χ3v) is 2.68. The van der Waals surface area contributed by atoms with Gasteiger partial charge in [0.25, 0.3) is 0 Å². The van der Waals surface area contributed by atoms with E-state index in [0.717, 1.165) is 22.6 Å². The van der Waals surface area contributed by atoms with Gasteiger partial charge in [0.05, 0.1) is 12.4 Å². The van der Waals surface area contributed by atoms with Crippen molar-refractivity contribution in [2.45, 2.75) is 0 Å². The van der Waals surface area contributed by atoms with Crippen LogP contribution in [0.15, 0.2) is 58.7 Å². The predicted octanol–water partition coefficient (Wildman–Crippen LogP) is 2.87. The number of hydrogen-bond donors (Lipinski definition) is 0. The van der Waals surface area contributed by atoms with Crippen molar-refractivity contribution in [2.75, 3.05) is 6.79 Å². The van der Waals surface area contributed by atoms with E-state index in [2.05, 4.69) is 10.2 Å². The summed E-state index contributed by atoms with van der Waals surface area (Å²) < 4.78 is 10.5. The molecule has 1 heterocycles. The molecule has 0 N–H and O–H groups in total. The van der Waals surface area contributed by atoms with Gasteiger partial charge in [-0.05, 0) is 29.3 Å². The second kappa shape index (κ2) is 5.35. The highest BCUT2D eigenvalue weighted by molar-refractivity contribution is 5.83. The van der Waals surface area contributed by atoms with Crippen molar-refractivity contribution in [3.63, 3.8) is 0 Å². The Morgan fingerprint density at radius 3 is 2.37 bits per heavy atom. The maximum absolute atomic E-state index is 5.29. The lowest BCUT2D eigenvalue weighted by Crippen LogP contribution is -1.92. The van der Waals surface area contributed by atoms with Crippen LogP contribution in [0.1, 0.15) is 11.1 Å². The Morgan fingerprint density at radius 2 is 1.53 bits per heavy atom. The first-order chi connectivity index (χ1) is 9.42. The molecular weight excluding hydrogens is 240 g/mol. The summed E-state index contributed by atoms with van der Waals surface area (Å²) in [6.45, 7) is 0.280. The first kappa shape index (κ1) is 11.5. The van der Waals surface area contributed by atoms with Crippen molar-refractivity contribution in [1.82, 2.24) is 0 Å². The van der Waals surface area contributed by atoms with E-state index in [9.17, 15) is 0 Å². The van der Waals surface area contributed by atoms with Crippen LogP contribution in [0.2, 0.25) is 0 Å². The highest BCUT2D eigenvalue weighted by Gasteiger charge is 2.12. The zero-order valence-corrected chi connectivity index (χ0v) is 10.2. The second-order valence-corrected chi connectivity index (χ2v) is 4.01. The number of nitrogens with zero attached hydrogens (tertiary/aromatic N) is 2. The van der Waals surface area contributed by atoms with Gasteiger partial charge in [-0.15, -0.1) is 0 Å². The molecule has 0 saturated carbocycles. The Morgan fingerprint density at radius 1 is 0.789 bits per heavy atom. The van der Waals surface area contributed by atoms with Crippen LogP contribution >= 0.6 is 0 Å². The van der Waals surface area contributed by atoms with Crippen LogP contribution < -0.4 is 9.47 Å². The van der Waals surface area contributed by atoms with E-state index in [-0.39, 0.29) is 6.79 Å². The van der Waals surface area contributed by atoms with Crippen LogP contribution in [-0.2, 0) is 0 Å². The van der Waals surface area contributed by atoms with Crippen LogP contribution in [0, 0.1) is 0 Å². The van der Waals surface area contributed by atoms with Gasteiger partial charge < -0.3 is 9.47 Å². The summed E-state index contributed by atoms with van der Waals surface area (Å²) >= 11 is 0. The first-order valence-corrected chi connectivity index (χ1v) is 5.93. The molecule has 94 valence electrons. The summed E-state index contributed by atoms with van der Waals surface area (Å²) in [4.78, 5) is 0. The topological polar surface area (TPSA) is 43.2 Å². The summed E-state index contributed by atoms with van der Waals surface area (Å²) in [6.07, 6.45) is 3.39. The summed E-state index contributed by atoms with van der Waals surface area (Å²) in [5, 5.41) is 8.01. The van der Waals surface area contributed by atoms with Gasteiger partial charge in [-0.2, -0.15) is 10.2 Å². The monoisotopic (exact) mass is 252 g/mol. The van der Waals surface area contributed by atoms with Crippen LogP contribution in [0.25, 0.3) is 0 Å². The fraction of sp³-hybridized carbons (Fsp3) is 0.0667. The molecule has 4 nitrogen and oxygen atoms in total. The van der Waals surface area contributed by atoms with Gasteiger partial charge in [0.15, 0.2) is 11.5 Å².